The van der Waals surface area contributed by atoms with Gasteiger partial charge in [-0.15, -0.1) is 0 Å². The van der Waals surface area contributed by atoms with Crippen LogP contribution < -0.4 is 10.6 Å². The van der Waals surface area contributed by atoms with Crippen LogP contribution in [0.4, 0.5) is 5.69 Å². The van der Waals surface area contributed by atoms with E-state index in [2.05, 4.69) is 20.7 Å². The summed E-state index contributed by atoms with van der Waals surface area (Å²) in [5.41, 5.74) is 1.92. The third kappa shape index (κ3) is 4.18. The maximum Gasteiger partial charge on any atom is 0.225 e. The Hall–Kier alpha value is -2.21. The lowest BCUT2D eigenvalue weighted by molar-refractivity contribution is -0.116. The van der Waals surface area contributed by atoms with Crippen molar-refractivity contribution in [2.75, 3.05) is 18.9 Å². The fourth-order valence-electron chi connectivity index (χ4n) is 1.66. The molecule has 1 aromatic heterocycles. The first-order valence-electron chi connectivity index (χ1n) is 6.14. The lowest BCUT2D eigenvalue weighted by Gasteiger charge is -2.06. The van der Waals surface area contributed by atoms with Crippen molar-refractivity contribution in [1.29, 1.82) is 0 Å². The molecule has 0 atom stereocenters. The maximum atomic E-state index is 11.5. The molecule has 0 fully saturated rings. The van der Waals surface area contributed by atoms with Crippen LogP contribution in [0.5, 0.6) is 0 Å². The van der Waals surface area contributed by atoms with Gasteiger partial charge in [-0.2, -0.15) is 5.10 Å². The summed E-state index contributed by atoms with van der Waals surface area (Å²) in [6.45, 7) is 1.35. The topological polar surface area (TPSA) is 71.8 Å². The highest BCUT2D eigenvalue weighted by Gasteiger charge is 2.02. The van der Waals surface area contributed by atoms with Gasteiger partial charge in [0.25, 0.3) is 0 Å². The smallest absolute Gasteiger partial charge is 0.225 e. The van der Waals surface area contributed by atoms with Gasteiger partial charge in [0.1, 0.15) is 12.7 Å². The van der Waals surface area contributed by atoms with Crippen LogP contribution >= 0.6 is 0 Å². The highest BCUT2D eigenvalue weighted by atomic mass is 16.1. The third-order valence-corrected chi connectivity index (χ3v) is 2.65. The third-order valence-electron chi connectivity index (χ3n) is 2.65. The van der Waals surface area contributed by atoms with Gasteiger partial charge in [-0.05, 0) is 24.7 Å². The van der Waals surface area contributed by atoms with Gasteiger partial charge in [0, 0.05) is 18.7 Å². The minimum absolute atomic E-state index is 0.0124. The maximum absolute atomic E-state index is 11.5. The van der Waals surface area contributed by atoms with Crippen molar-refractivity contribution in [1.82, 2.24) is 20.1 Å². The molecule has 6 heteroatoms. The summed E-state index contributed by atoms with van der Waals surface area (Å²) in [6.07, 6.45) is 3.65. The molecule has 0 bridgehead atoms. The number of hydrogen-bond donors (Lipinski definition) is 2. The number of benzene rings is 1. The van der Waals surface area contributed by atoms with E-state index in [0.717, 1.165) is 11.3 Å². The van der Waals surface area contributed by atoms with Crippen molar-refractivity contribution in [3.05, 3.63) is 42.5 Å². The summed E-state index contributed by atoms with van der Waals surface area (Å²) in [5.74, 6) is 0.0124. The fraction of sp³-hybridized carbons (Fsp3) is 0.308. The van der Waals surface area contributed by atoms with Crippen molar-refractivity contribution >= 4 is 11.6 Å². The number of nitrogens with one attached hydrogen (secondary N) is 2. The molecule has 0 aliphatic rings. The monoisotopic (exact) mass is 259 g/mol. The number of rotatable bonds is 6. The minimum Gasteiger partial charge on any atom is -0.326 e. The zero-order valence-electron chi connectivity index (χ0n) is 10.8. The molecule has 0 saturated heterocycles. The van der Waals surface area contributed by atoms with Crippen LogP contribution in [0.25, 0.3) is 0 Å². The summed E-state index contributed by atoms with van der Waals surface area (Å²) >= 11 is 0. The quantitative estimate of drug-likeness (QED) is 0.807. The average Bonchev–Trinajstić information content (AvgIpc) is 2.91. The summed E-state index contributed by atoms with van der Waals surface area (Å²) in [4.78, 5) is 15.4. The molecular weight excluding hydrogens is 242 g/mol. The van der Waals surface area contributed by atoms with Crippen LogP contribution in [-0.2, 0) is 11.3 Å². The summed E-state index contributed by atoms with van der Waals surface area (Å²) in [7, 11) is 1.83. The van der Waals surface area contributed by atoms with Crippen molar-refractivity contribution in [2.45, 2.75) is 13.0 Å². The van der Waals surface area contributed by atoms with E-state index < -0.39 is 0 Å². The molecule has 0 aliphatic carbocycles. The lowest BCUT2D eigenvalue weighted by Crippen LogP contribution is -2.18. The van der Waals surface area contributed by atoms with E-state index >= 15 is 0 Å². The second-order valence-electron chi connectivity index (χ2n) is 4.19. The Morgan fingerprint density at radius 3 is 2.74 bits per heavy atom. The van der Waals surface area contributed by atoms with Crippen molar-refractivity contribution in [3.8, 4) is 0 Å². The van der Waals surface area contributed by atoms with Gasteiger partial charge < -0.3 is 10.6 Å². The molecule has 100 valence electrons. The van der Waals surface area contributed by atoms with Crippen LogP contribution in [0, 0.1) is 0 Å². The van der Waals surface area contributed by atoms with Gasteiger partial charge in [0.05, 0.1) is 6.54 Å². The Bertz CT molecular complexity index is 506. The highest BCUT2D eigenvalue weighted by molar-refractivity contribution is 5.90. The van der Waals surface area contributed by atoms with Gasteiger partial charge in [-0.3, -0.25) is 4.79 Å². The number of hydrogen-bond acceptors (Lipinski definition) is 4. The largest absolute Gasteiger partial charge is 0.326 e. The molecule has 1 aromatic carbocycles. The molecule has 2 rings (SSSR count). The van der Waals surface area contributed by atoms with Gasteiger partial charge in [0.2, 0.25) is 5.91 Å². The Balaban J connectivity index is 1.89. The van der Waals surface area contributed by atoms with Gasteiger partial charge in [-0.1, -0.05) is 12.1 Å². The van der Waals surface area contributed by atoms with E-state index in [9.17, 15) is 4.79 Å². The van der Waals surface area contributed by atoms with E-state index in [1.54, 1.807) is 11.0 Å². The van der Waals surface area contributed by atoms with Crippen LogP contribution in [0.3, 0.4) is 0 Å². The predicted octanol–water partition coefficient (Wildman–Crippen LogP) is 0.874. The highest BCUT2D eigenvalue weighted by Crippen LogP contribution is 2.10. The minimum atomic E-state index is 0.0124. The zero-order chi connectivity index (χ0) is 13.5. The number of nitrogens with zero attached hydrogens (tertiary/aromatic N) is 3. The molecule has 2 aromatic rings. The molecule has 0 aliphatic heterocycles. The number of amides is 1. The molecular formula is C13H17N5O. The van der Waals surface area contributed by atoms with Gasteiger partial charge in [0.15, 0.2) is 0 Å². The number of carbonyl (C=O) groups is 1. The first-order valence-corrected chi connectivity index (χ1v) is 6.14. The lowest BCUT2D eigenvalue weighted by atomic mass is 10.2. The average molecular weight is 259 g/mol. The second kappa shape index (κ2) is 6.65. The predicted molar refractivity (Wildman–Crippen MR) is 72.7 cm³/mol. The summed E-state index contributed by atoms with van der Waals surface area (Å²) < 4.78 is 1.75. The SMILES string of the molecule is CNCCC(=O)Nc1ccc(Cn2cncn2)cc1. The van der Waals surface area contributed by atoms with Gasteiger partial charge >= 0.3 is 0 Å². The van der Waals surface area contributed by atoms with E-state index in [0.29, 0.717) is 19.5 Å². The Morgan fingerprint density at radius 2 is 2.11 bits per heavy atom. The fourth-order valence-corrected chi connectivity index (χ4v) is 1.66. The van der Waals surface area contributed by atoms with E-state index in [1.807, 2.05) is 31.3 Å². The first-order chi connectivity index (χ1) is 9.28. The summed E-state index contributed by atoms with van der Waals surface area (Å²) in [6, 6.07) is 7.72. The van der Waals surface area contributed by atoms with Crippen molar-refractivity contribution in [2.24, 2.45) is 0 Å². The molecule has 2 N–H and O–H groups in total. The molecule has 1 amide bonds. The van der Waals surface area contributed by atoms with E-state index in [1.165, 1.54) is 6.33 Å². The van der Waals surface area contributed by atoms with Gasteiger partial charge in [-0.25, -0.2) is 9.67 Å². The van der Waals surface area contributed by atoms with Crippen LogP contribution in [0.1, 0.15) is 12.0 Å². The van der Waals surface area contributed by atoms with Crippen molar-refractivity contribution in [3.63, 3.8) is 0 Å². The molecule has 0 saturated carbocycles. The van der Waals surface area contributed by atoms with Crippen LogP contribution in [0.15, 0.2) is 36.9 Å². The van der Waals surface area contributed by atoms with E-state index in [-0.39, 0.29) is 5.91 Å². The molecule has 19 heavy (non-hydrogen) atoms. The Morgan fingerprint density at radius 1 is 1.32 bits per heavy atom. The molecule has 1 heterocycles. The molecule has 0 spiro atoms. The first kappa shape index (κ1) is 13.2. The Kier molecular flexibility index (Phi) is 4.63. The molecule has 0 unspecified atom stereocenters. The molecule has 0 radical (unpaired) electrons. The molecule has 6 nitrogen and oxygen atoms in total. The second-order valence-corrected chi connectivity index (χ2v) is 4.19. The van der Waals surface area contributed by atoms with Crippen molar-refractivity contribution < 1.29 is 4.79 Å². The number of aromatic nitrogens is 3. The van der Waals surface area contributed by atoms with Crippen LogP contribution in [-0.4, -0.2) is 34.3 Å². The number of anilines is 1. The zero-order valence-corrected chi connectivity index (χ0v) is 10.8. The van der Waals surface area contributed by atoms with Crippen LogP contribution in [0.2, 0.25) is 0 Å². The Labute approximate surface area is 111 Å². The summed E-state index contributed by atoms with van der Waals surface area (Å²) in [5, 5.41) is 9.84. The van der Waals surface area contributed by atoms with E-state index in [4.69, 9.17) is 0 Å². The number of carbonyl (C=O) groups excluding carboxylic acids is 1. The standard InChI is InChI=1S/C13H17N5O/c1-14-7-6-13(19)17-12-4-2-11(3-5-12)8-18-10-15-9-16-18/h2-5,9-10,14H,6-8H2,1H3,(H,17,19). The normalized spacial score (nSPS) is 10.4.